The molecule has 0 saturated heterocycles. The van der Waals surface area contributed by atoms with Gasteiger partial charge in [0, 0.05) is 19.7 Å². The van der Waals surface area contributed by atoms with Gasteiger partial charge in [0.25, 0.3) is 0 Å². The van der Waals surface area contributed by atoms with Crippen LogP contribution in [0.3, 0.4) is 0 Å². The maximum atomic E-state index is 13.3. The maximum absolute atomic E-state index is 13.3. The maximum Gasteiger partial charge on any atom is 0.201 e. The molecule has 2 rings (SSSR count). The Hall–Kier alpha value is -1.14. The van der Waals surface area contributed by atoms with Crippen LogP contribution in [0.15, 0.2) is 16.6 Å². The van der Waals surface area contributed by atoms with Crippen molar-refractivity contribution in [3.05, 3.63) is 22.4 Å². The van der Waals surface area contributed by atoms with E-state index in [1.807, 2.05) is 0 Å². The molecule has 0 unspecified atom stereocenters. The van der Waals surface area contributed by atoms with Gasteiger partial charge in [0.1, 0.15) is 5.82 Å². The van der Waals surface area contributed by atoms with Gasteiger partial charge in [-0.2, -0.15) is 0 Å². The smallest absolute Gasteiger partial charge is 0.201 e. The Bertz CT molecular complexity index is 526. The number of aromatic nitrogens is 2. The topological polar surface area (TPSA) is 53.1 Å². The summed E-state index contributed by atoms with van der Waals surface area (Å²) in [5.41, 5.74) is 7.10. The van der Waals surface area contributed by atoms with Crippen LogP contribution in [-0.4, -0.2) is 23.3 Å². The van der Waals surface area contributed by atoms with Crippen molar-refractivity contribution < 1.29 is 9.13 Å². The Kier molecular flexibility index (Phi) is 3.11. The molecule has 0 aliphatic carbocycles. The fraction of sp³-hybridized carbons (Fsp3) is 0.300. The molecule has 0 fully saturated rings. The number of nitrogen functional groups attached to an aromatic ring is 1. The lowest BCUT2D eigenvalue weighted by Gasteiger charge is -2.05. The van der Waals surface area contributed by atoms with E-state index in [1.54, 1.807) is 17.7 Å². The van der Waals surface area contributed by atoms with Gasteiger partial charge in [-0.05, 0) is 22.0 Å². The highest BCUT2D eigenvalue weighted by Gasteiger charge is 2.11. The molecule has 0 atom stereocenters. The molecule has 0 saturated carbocycles. The third-order valence-electron chi connectivity index (χ3n) is 2.34. The average molecular weight is 288 g/mol. The summed E-state index contributed by atoms with van der Waals surface area (Å²) in [5.74, 6) is 0.0217. The van der Waals surface area contributed by atoms with Gasteiger partial charge < -0.3 is 15.0 Å². The van der Waals surface area contributed by atoms with Gasteiger partial charge in [-0.3, -0.25) is 0 Å². The standard InChI is InChI=1S/C10H11BrFN3O/c1-16-3-2-15-9-4-6(11)7(12)5-8(9)14-10(15)13/h4-5H,2-3H2,1H3,(H2,13,14). The molecule has 0 spiro atoms. The molecule has 86 valence electrons. The van der Waals surface area contributed by atoms with Crippen LogP contribution in [0.25, 0.3) is 11.0 Å². The van der Waals surface area contributed by atoms with E-state index in [4.69, 9.17) is 10.5 Å². The monoisotopic (exact) mass is 287 g/mol. The number of hydrogen-bond acceptors (Lipinski definition) is 3. The van der Waals surface area contributed by atoms with Gasteiger partial charge in [-0.15, -0.1) is 0 Å². The molecule has 6 heteroatoms. The molecule has 2 N–H and O–H groups in total. The molecule has 1 aromatic carbocycles. The Labute approximate surface area is 100 Å². The van der Waals surface area contributed by atoms with Crippen LogP contribution in [0.2, 0.25) is 0 Å². The first-order chi connectivity index (χ1) is 7.63. The molecule has 0 bridgehead atoms. The first-order valence-corrected chi connectivity index (χ1v) is 5.52. The molecule has 0 radical (unpaired) electrons. The normalized spacial score (nSPS) is 11.2. The summed E-state index contributed by atoms with van der Waals surface area (Å²) in [7, 11) is 1.62. The van der Waals surface area contributed by atoms with E-state index in [1.165, 1.54) is 6.07 Å². The minimum absolute atomic E-state index is 0.344. The lowest BCUT2D eigenvalue weighted by molar-refractivity contribution is 0.189. The number of halogens is 2. The van der Waals surface area contributed by atoms with E-state index in [9.17, 15) is 4.39 Å². The number of imidazole rings is 1. The lowest BCUT2D eigenvalue weighted by atomic mass is 10.3. The Balaban J connectivity index is 2.55. The molecular weight excluding hydrogens is 277 g/mol. The Morgan fingerprint density at radius 3 is 3.00 bits per heavy atom. The number of fused-ring (bicyclic) bond motifs is 1. The van der Waals surface area contributed by atoms with E-state index in [0.29, 0.717) is 29.1 Å². The van der Waals surface area contributed by atoms with E-state index in [2.05, 4.69) is 20.9 Å². The van der Waals surface area contributed by atoms with Gasteiger partial charge in [-0.25, -0.2) is 9.37 Å². The number of methoxy groups -OCH3 is 1. The fourth-order valence-corrected chi connectivity index (χ4v) is 1.89. The Morgan fingerprint density at radius 1 is 1.56 bits per heavy atom. The van der Waals surface area contributed by atoms with E-state index in [-0.39, 0.29) is 5.82 Å². The van der Waals surface area contributed by atoms with Crippen LogP contribution in [0.4, 0.5) is 10.3 Å². The van der Waals surface area contributed by atoms with Crippen molar-refractivity contribution in [1.29, 1.82) is 0 Å². The van der Waals surface area contributed by atoms with Crippen molar-refractivity contribution in [2.45, 2.75) is 6.54 Å². The first kappa shape index (κ1) is 11.3. The lowest BCUT2D eigenvalue weighted by Crippen LogP contribution is -2.07. The number of benzene rings is 1. The number of anilines is 1. The van der Waals surface area contributed by atoms with Crippen molar-refractivity contribution in [1.82, 2.24) is 9.55 Å². The number of nitrogens with two attached hydrogens (primary N) is 1. The number of hydrogen-bond donors (Lipinski definition) is 1. The summed E-state index contributed by atoms with van der Waals surface area (Å²) in [6.07, 6.45) is 0. The highest BCUT2D eigenvalue weighted by Crippen LogP contribution is 2.24. The minimum atomic E-state index is -0.344. The SMILES string of the molecule is COCCn1c(N)nc2cc(F)c(Br)cc21. The molecule has 0 aliphatic heterocycles. The zero-order chi connectivity index (χ0) is 11.7. The zero-order valence-corrected chi connectivity index (χ0v) is 10.3. The molecule has 2 aromatic rings. The van der Waals surface area contributed by atoms with Crippen LogP contribution in [0.1, 0.15) is 0 Å². The largest absolute Gasteiger partial charge is 0.383 e. The molecule has 4 nitrogen and oxygen atoms in total. The van der Waals surface area contributed by atoms with Gasteiger partial charge in [-0.1, -0.05) is 0 Å². The predicted octanol–water partition coefficient (Wildman–Crippen LogP) is 2.17. The summed E-state index contributed by atoms with van der Waals surface area (Å²) < 4.78 is 20.5. The number of ether oxygens (including phenoxy) is 1. The van der Waals surface area contributed by atoms with Crippen molar-refractivity contribution >= 4 is 32.9 Å². The highest BCUT2D eigenvalue weighted by molar-refractivity contribution is 9.10. The van der Waals surface area contributed by atoms with Crippen LogP contribution in [0, 0.1) is 5.82 Å². The van der Waals surface area contributed by atoms with Crippen molar-refractivity contribution in [2.75, 3.05) is 19.5 Å². The van der Waals surface area contributed by atoms with Gasteiger partial charge in [0.15, 0.2) is 0 Å². The second-order valence-corrected chi connectivity index (χ2v) is 4.22. The van der Waals surface area contributed by atoms with E-state index in [0.717, 1.165) is 5.52 Å². The second-order valence-electron chi connectivity index (χ2n) is 3.37. The third kappa shape index (κ3) is 1.90. The van der Waals surface area contributed by atoms with Crippen LogP contribution in [0.5, 0.6) is 0 Å². The summed E-state index contributed by atoms with van der Waals surface area (Å²) in [6.45, 7) is 1.13. The summed E-state index contributed by atoms with van der Waals surface area (Å²) in [6, 6.07) is 3.03. The predicted molar refractivity (Wildman–Crippen MR) is 63.7 cm³/mol. The molecular formula is C10H11BrFN3O. The van der Waals surface area contributed by atoms with Crippen molar-refractivity contribution in [3.63, 3.8) is 0 Å². The van der Waals surface area contributed by atoms with Gasteiger partial charge >= 0.3 is 0 Å². The minimum Gasteiger partial charge on any atom is -0.383 e. The van der Waals surface area contributed by atoms with Gasteiger partial charge in [0.2, 0.25) is 5.95 Å². The first-order valence-electron chi connectivity index (χ1n) is 4.73. The van der Waals surface area contributed by atoms with Crippen LogP contribution >= 0.6 is 15.9 Å². The summed E-state index contributed by atoms with van der Waals surface area (Å²) in [5, 5.41) is 0. The van der Waals surface area contributed by atoms with Crippen molar-refractivity contribution in [3.8, 4) is 0 Å². The second kappa shape index (κ2) is 4.39. The quantitative estimate of drug-likeness (QED) is 0.941. The zero-order valence-electron chi connectivity index (χ0n) is 8.70. The van der Waals surface area contributed by atoms with E-state index < -0.39 is 0 Å². The van der Waals surface area contributed by atoms with Gasteiger partial charge in [0.05, 0.1) is 22.1 Å². The van der Waals surface area contributed by atoms with E-state index >= 15 is 0 Å². The molecule has 0 aliphatic rings. The number of nitrogens with zero attached hydrogens (tertiary/aromatic N) is 2. The molecule has 1 aromatic heterocycles. The summed E-state index contributed by atoms with van der Waals surface area (Å²) in [4.78, 5) is 4.09. The highest BCUT2D eigenvalue weighted by atomic mass is 79.9. The fourth-order valence-electron chi connectivity index (χ4n) is 1.56. The Morgan fingerprint density at radius 2 is 2.31 bits per heavy atom. The molecule has 1 heterocycles. The average Bonchev–Trinajstić information content (AvgIpc) is 2.52. The van der Waals surface area contributed by atoms with Crippen LogP contribution < -0.4 is 5.73 Å². The van der Waals surface area contributed by atoms with Crippen molar-refractivity contribution in [2.24, 2.45) is 0 Å². The summed E-state index contributed by atoms with van der Waals surface area (Å²) >= 11 is 3.14. The third-order valence-corrected chi connectivity index (χ3v) is 2.95. The molecule has 0 amide bonds. The molecule has 16 heavy (non-hydrogen) atoms. The number of rotatable bonds is 3. The van der Waals surface area contributed by atoms with Crippen LogP contribution in [-0.2, 0) is 11.3 Å².